The first-order valence-corrected chi connectivity index (χ1v) is 6.89. The molecule has 5 nitrogen and oxygen atoms in total. The van der Waals surface area contributed by atoms with Crippen LogP contribution in [0, 0.1) is 12.8 Å². The van der Waals surface area contributed by atoms with Crippen LogP contribution in [-0.2, 0) is 7.05 Å². The van der Waals surface area contributed by atoms with Gasteiger partial charge in [-0.15, -0.1) is 0 Å². The van der Waals surface area contributed by atoms with Crippen molar-refractivity contribution in [3.8, 4) is 0 Å². The number of aliphatic hydroxyl groups is 1. The summed E-state index contributed by atoms with van der Waals surface area (Å²) in [6.07, 6.45) is 5.37. The minimum absolute atomic E-state index is 0.00473. The molecule has 0 radical (unpaired) electrons. The van der Waals surface area contributed by atoms with Crippen LogP contribution in [0.4, 0.5) is 0 Å². The van der Waals surface area contributed by atoms with Gasteiger partial charge in [0.05, 0.1) is 23.9 Å². The molecule has 0 aromatic carbocycles. The van der Waals surface area contributed by atoms with Gasteiger partial charge in [0.25, 0.3) is 5.91 Å². The van der Waals surface area contributed by atoms with Crippen molar-refractivity contribution < 1.29 is 9.90 Å². The van der Waals surface area contributed by atoms with Crippen molar-refractivity contribution in [3.63, 3.8) is 0 Å². The van der Waals surface area contributed by atoms with Crippen molar-refractivity contribution in [1.29, 1.82) is 0 Å². The summed E-state index contributed by atoms with van der Waals surface area (Å²) < 4.78 is 1.68. The second-order valence-electron chi connectivity index (χ2n) is 5.84. The van der Waals surface area contributed by atoms with Crippen LogP contribution in [0.25, 0.3) is 0 Å². The molecule has 1 heterocycles. The summed E-state index contributed by atoms with van der Waals surface area (Å²) in [6, 6.07) is 0. The second kappa shape index (κ2) is 5.33. The highest BCUT2D eigenvalue weighted by Gasteiger charge is 2.35. The number of carbonyl (C=O) groups excluding carboxylic acids is 1. The summed E-state index contributed by atoms with van der Waals surface area (Å²) in [4.78, 5) is 12.3. The van der Waals surface area contributed by atoms with E-state index in [2.05, 4.69) is 17.3 Å². The fraction of sp³-hybridized carbons (Fsp3) is 0.714. The van der Waals surface area contributed by atoms with E-state index in [0.717, 1.165) is 31.4 Å². The Hall–Kier alpha value is -1.36. The summed E-state index contributed by atoms with van der Waals surface area (Å²) in [5, 5.41) is 16.8. The van der Waals surface area contributed by atoms with Gasteiger partial charge in [-0.1, -0.05) is 6.92 Å². The van der Waals surface area contributed by atoms with E-state index in [-0.39, 0.29) is 12.5 Å². The van der Waals surface area contributed by atoms with E-state index < -0.39 is 5.54 Å². The Kier molecular flexibility index (Phi) is 3.94. The Morgan fingerprint density at radius 3 is 2.68 bits per heavy atom. The standard InChI is InChI=1S/C14H23N3O2/c1-10-4-6-14(9-18,7-5-10)16-13(19)12-8-15-17(3)11(12)2/h8,10,18H,4-7,9H2,1-3H3,(H,16,19). The van der Waals surface area contributed by atoms with E-state index in [1.807, 2.05) is 14.0 Å². The van der Waals surface area contributed by atoms with Gasteiger partial charge in [0, 0.05) is 12.7 Å². The molecule has 2 N–H and O–H groups in total. The minimum atomic E-state index is -0.453. The number of aliphatic hydroxyl groups excluding tert-OH is 1. The third-order valence-corrected chi connectivity index (χ3v) is 4.39. The van der Waals surface area contributed by atoms with Crippen LogP contribution in [0.3, 0.4) is 0 Å². The van der Waals surface area contributed by atoms with Crippen LogP contribution < -0.4 is 5.32 Å². The van der Waals surface area contributed by atoms with E-state index in [0.29, 0.717) is 11.5 Å². The molecule has 0 atom stereocenters. The smallest absolute Gasteiger partial charge is 0.255 e. The Morgan fingerprint density at radius 1 is 1.58 bits per heavy atom. The normalized spacial score (nSPS) is 27.3. The van der Waals surface area contributed by atoms with E-state index in [9.17, 15) is 9.90 Å². The molecular formula is C14H23N3O2. The van der Waals surface area contributed by atoms with Crippen LogP contribution in [-0.4, -0.2) is 32.9 Å². The zero-order valence-electron chi connectivity index (χ0n) is 11.9. The molecule has 0 spiro atoms. The van der Waals surface area contributed by atoms with Crippen molar-refractivity contribution in [2.75, 3.05) is 6.61 Å². The predicted molar refractivity (Wildman–Crippen MR) is 72.9 cm³/mol. The lowest BCUT2D eigenvalue weighted by molar-refractivity contribution is 0.0716. The molecular weight excluding hydrogens is 242 g/mol. The maximum atomic E-state index is 12.3. The molecule has 2 rings (SSSR count). The zero-order chi connectivity index (χ0) is 14.0. The molecule has 1 saturated carbocycles. The molecule has 1 aliphatic carbocycles. The van der Waals surface area contributed by atoms with Gasteiger partial charge in [-0.2, -0.15) is 5.10 Å². The summed E-state index contributed by atoms with van der Waals surface area (Å²) in [7, 11) is 1.82. The Balaban J connectivity index is 2.10. The van der Waals surface area contributed by atoms with Crippen molar-refractivity contribution in [2.45, 2.75) is 45.1 Å². The number of carbonyl (C=O) groups is 1. The maximum Gasteiger partial charge on any atom is 0.255 e. The van der Waals surface area contributed by atoms with Crippen molar-refractivity contribution >= 4 is 5.91 Å². The summed E-state index contributed by atoms with van der Waals surface area (Å²) in [5.41, 5.74) is 0.981. The monoisotopic (exact) mass is 265 g/mol. The third-order valence-electron chi connectivity index (χ3n) is 4.39. The van der Waals surface area contributed by atoms with Gasteiger partial charge in [0.15, 0.2) is 0 Å². The van der Waals surface area contributed by atoms with Gasteiger partial charge in [-0.05, 0) is 38.5 Å². The number of aryl methyl sites for hydroxylation is 1. The number of rotatable bonds is 3. The Labute approximate surface area is 114 Å². The lowest BCUT2D eigenvalue weighted by Crippen LogP contribution is -2.53. The topological polar surface area (TPSA) is 67.2 Å². The number of aromatic nitrogens is 2. The molecule has 0 saturated heterocycles. The number of hydrogen-bond donors (Lipinski definition) is 2. The van der Waals surface area contributed by atoms with Crippen LogP contribution in [0.15, 0.2) is 6.20 Å². The first-order valence-electron chi connectivity index (χ1n) is 6.89. The second-order valence-corrected chi connectivity index (χ2v) is 5.84. The van der Waals surface area contributed by atoms with Crippen LogP contribution in [0.5, 0.6) is 0 Å². The van der Waals surface area contributed by atoms with Gasteiger partial charge in [-0.25, -0.2) is 0 Å². The number of hydrogen-bond acceptors (Lipinski definition) is 3. The summed E-state index contributed by atoms with van der Waals surface area (Å²) in [5.74, 6) is 0.547. The van der Waals surface area contributed by atoms with Crippen LogP contribution >= 0.6 is 0 Å². The number of nitrogens with one attached hydrogen (secondary N) is 1. The molecule has 0 aliphatic heterocycles. The molecule has 1 aromatic rings. The van der Waals surface area contributed by atoms with E-state index in [1.165, 1.54) is 0 Å². The SMILES string of the molecule is Cc1c(C(=O)NC2(CO)CCC(C)CC2)cnn1C. The first kappa shape index (κ1) is 14.1. The number of nitrogens with zero attached hydrogens (tertiary/aromatic N) is 2. The van der Waals surface area contributed by atoms with Crippen LogP contribution in [0.2, 0.25) is 0 Å². The van der Waals surface area contributed by atoms with Gasteiger partial charge < -0.3 is 10.4 Å². The van der Waals surface area contributed by atoms with E-state index in [4.69, 9.17) is 0 Å². The van der Waals surface area contributed by atoms with Gasteiger partial charge in [0.2, 0.25) is 0 Å². The van der Waals surface area contributed by atoms with Crippen LogP contribution in [0.1, 0.15) is 48.7 Å². The average molecular weight is 265 g/mol. The highest BCUT2D eigenvalue weighted by atomic mass is 16.3. The molecule has 0 unspecified atom stereocenters. The Morgan fingerprint density at radius 2 is 2.21 bits per heavy atom. The molecule has 5 heteroatoms. The molecule has 106 valence electrons. The van der Waals surface area contributed by atoms with Gasteiger partial charge >= 0.3 is 0 Å². The first-order chi connectivity index (χ1) is 8.97. The lowest BCUT2D eigenvalue weighted by Gasteiger charge is -2.38. The fourth-order valence-electron chi connectivity index (χ4n) is 2.67. The molecule has 1 aromatic heterocycles. The molecule has 1 fully saturated rings. The lowest BCUT2D eigenvalue weighted by atomic mass is 9.77. The Bertz CT molecular complexity index is 459. The van der Waals surface area contributed by atoms with Crippen molar-refractivity contribution in [2.24, 2.45) is 13.0 Å². The number of amides is 1. The van der Waals surface area contributed by atoms with Gasteiger partial charge in [-0.3, -0.25) is 9.48 Å². The van der Waals surface area contributed by atoms with Crippen molar-refractivity contribution in [3.05, 3.63) is 17.5 Å². The maximum absolute atomic E-state index is 12.3. The molecule has 19 heavy (non-hydrogen) atoms. The third kappa shape index (κ3) is 2.81. The highest BCUT2D eigenvalue weighted by molar-refractivity contribution is 5.95. The van der Waals surface area contributed by atoms with E-state index >= 15 is 0 Å². The van der Waals surface area contributed by atoms with E-state index in [1.54, 1.807) is 10.9 Å². The zero-order valence-corrected chi connectivity index (χ0v) is 11.9. The molecule has 1 amide bonds. The van der Waals surface area contributed by atoms with Crippen molar-refractivity contribution in [1.82, 2.24) is 15.1 Å². The summed E-state index contributed by atoms with van der Waals surface area (Å²) in [6.45, 7) is 4.09. The van der Waals surface area contributed by atoms with Gasteiger partial charge in [0.1, 0.15) is 0 Å². The largest absolute Gasteiger partial charge is 0.394 e. The predicted octanol–water partition coefficient (Wildman–Crippen LogP) is 1.40. The fourth-order valence-corrected chi connectivity index (χ4v) is 2.67. The highest BCUT2D eigenvalue weighted by Crippen LogP contribution is 2.31. The minimum Gasteiger partial charge on any atom is -0.394 e. The average Bonchev–Trinajstić information content (AvgIpc) is 2.73. The molecule has 0 bridgehead atoms. The molecule has 1 aliphatic rings. The summed E-state index contributed by atoms with van der Waals surface area (Å²) >= 11 is 0. The quantitative estimate of drug-likeness (QED) is 0.868.